The number of pyridine rings is 1. The van der Waals surface area contributed by atoms with Gasteiger partial charge in [0.1, 0.15) is 0 Å². The Balaban J connectivity index is 2.74. The van der Waals surface area contributed by atoms with Gasteiger partial charge >= 0.3 is 0 Å². The molecule has 1 aromatic rings. The predicted octanol–water partition coefficient (Wildman–Crippen LogP) is 3.65. The molecule has 0 saturated heterocycles. The van der Waals surface area contributed by atoms with Gasteiger partial charge in [0.25, 0.3) is 0 Å². The van der Waals surface area contributed by atoms with E-state index < -0.39 is 0 Å². The largest absolute Gasteiger partial charge is 0.263 e. The van der Waals surface area contributed by atoms with Crippen LogP contribution in [-0.2, 0) is 6.42 Å². The molecule has 0 radical (unpaired) electrons. The van der Waals surface area contributed by atoms with E-state index in [4.69, 9.17) is 11.6 Å². The van der Waals surface area contributed by atoms with Crippen LogP contribution in [0.15, 0.2) is 22.9 Å². The third kappa shape index (κ3) is 3.65. The van der Waals surface area contributed by atoms with E-state index >= 15 is 0 Å². The first-order valence-electron chi connectivity index (χ1n) is 4.19. The summed E-state index contributed by atoms with van der Waals surface area (Å²) in [7, 11) is 0. The van der Waals surface area contributed by atoms with Crippen LogP contribution >= 0.6 is 27.5 Å². The van der Waals surface area contributed by atoms with Gasteiger partial charge in [-0.25, -0.2) is 0 Å². The topological polar surface area (TPSA) is 12.9 Å². The Morgan fingerprint density at radius 3 is 2.69 bits per heavy atom. The Hall–Kier alpha value is -0.0800. The Bertz CT molecular complexity index is 286. The van der Waals surface area contributed by atoms with E-state index in [0.717, 1.165) is 10.9 Å². The van der Waals surface area contributed by atoms with Gasteiger partial charge in [-0.3, -0.25) is 4.98 Å². The molecule has 0 N–H and O–H groups in total. The molecule has 1 rings (SSSR count). The molecule has 0 saturated carbocycles. The molecule has 1 heterocycles. The average molecular weight is 263 g/mol. The lowest BCUT2D eigenvalue weighted by Crippen LogP contribution is -2.16. The molecule has 0 amide bonds. The molecule has 3 heteroatoms. The highest BCUT2D eigenvalue weighted by molar-refractivity contribution is 9.10. The summed E-state index contributed by atoms with van der Waals surface area (Å²) in [6.07, 6.45) is 4.64. The van der Waals surface area contributed by atoms with E-state index in [9.17, 15) is 0 Å². The third-order valence-electron chi connectivity index (χ3n) is 1.81. The van der Waals surface area contributed by atoms with Crippen molar-refractivity contribution in [3.8, 4) is 0 Å². The summed E-state index contributed by atoms with van der Waals surface area (Å²) in [6, 6.07) is 2.08. The van der Waals surface area contributed by atoms with Gasteiger partial charge in [0.2, 0.25) is 0 Å². The minimum absolute atomic E-state index is 0.143. The fraction of sp³-hybridized carbons (Fsp3) is 0.500. The van der Waals surface area contributed by atoms with E-state index in [1.807, 2.05) is 6.20 Å². The predicted molar refractivity (Wildman–Crippen MR) is 60.1 cm³/mol. The van der Waals surface area contributed by atoms with Crippen molar-refractivity contribution in [3.05, 3.63) is 28.5 Å². The van der Waals surface area contributed by atoms with Crippen LogP contribution in [0.5, 0.6) is 0 Å². The van der Waals surface area contributed by atoms with Crippen molar-refractivity contribution in [1.82, 2.24) is 4.98 Å². The SMILES string of the molecule is CC(C)(CCl)Cc1cncc(Br)c1. The Kier molecular flexibility index (Phi) is 3.74. The number of alkyl halides is 1. The number of rotatable bonds is 3. The van der Waals surface area contributed by atoms with Gasteiger partial charge in [0, 0.05) is 22.7 Å². The Morgan fingerprint density at radius 2 is 2.15 bits per heavy atom. The summed E-state index contributed by atoms with van der Waals surface area (Å²) in [5.74, 6) is 0.666. The maximum atomic E-state index is 5.85. The fourth-order valence-electron chi connectivity index (χ4n) is 1.15. The summed E-state index contributed by atoms with van der Waals surface area (Å²) >= 11 is 9.25. The number of hydrogen-bond donors (Lipinski definition) is 0. The van der Waals surface area contributed by atoms with Crippen LogP contribution in [0, 0.1) is 5.41 Å². The highest BCUT2D eigenvalue weighted by atomic mass is 79.9. The van der Waals surface area contributed by atoms with E-state index in [1.165, 1.54) is 5.56 Å². The van der Waals surface area contributed by atoms with Gasteiger partial charge in [-0.05, 0) is 39.4 Å². The van der Waals surface area contributed by atoms with Gasteiger partial charge in [0.15, 0.2) is 0 Å². The summed E-state index contributed by atoms with van der Waals surface area (Å²) in [5.41, 5.74) is 1.37. The van der Waals surface area contributed by atoms with Gasteiger partial charge in [-0.1, -0.05) is 13.8 Å². The van der Waals surface area contributed by atoms with Crippen LogP contribution in [0.3, 0.4) is 0 Å². The summed E-state index contributed by atoms with van der Waals surface area (Å²) in [6.45, 7) is 4.31. The summed E-state index contributed by atoms with van der Waals surface area (Å²) < 4.78 is 1.02. The molecule has 13 heavy (non-hydrogen) atoms. The van der Waals surface area contributed by atoms with Gasteiger partial charge in [-0.15, -0.1) is 11.6 Å². The van der Waals surface area contributed by atoms with E-state index in [2.05, 4.69) is 40.8 Å². The lowest BCUT2D eigenvalue weighted by Gasteiger charge is -2.20. The highest BCUT2D eigenvalue weighted by Gasteiger charge is 2.17. The molecule has 0 aliphatic heterocycles. The smallest absolute Gasteiger partial charge is 0.0410 e. The quantitative estimate of drug-likeness (QED) is 0.758. The first-order valence-corrected chi connectivity index (χ1v) is 5.52. The molecular weight excluding hydrogens is 249 g/mol. The molecular formula is C10H13BrClN. The van der Waals surface area contributed by atoms with Crippen molar-refractivity contribution in [2.75, 3.05) is 5.88 Å². The Morgan fingerprint density at radius 1 is 1.46 bits per heavy atom. The molecule has 0 bridgehead atoms. The number of aromatic nitrogens is 1. The van der Waals surface area contributed by atoms with Gasteiger partial charge in [-0.2, -0.15) is 0 Å². The maximum absolute atomic E-state index is 5.85. The van der Waals surface area contributed by atoms with Crippen molar-refractivity contribution in [1.29, 1.82) is 0 Å². The van der Waals surface area contributed by atoms with Crippen LogP contribution in [0.4, 0.5) is 0 Å². The van der Waals surface area contributed by atoms with Crippen molar-refractivity contribution in [2.24, 2.45) is 5.41 Å². The van der Waals surface area contributed by atoms with E-state index in [1.54, 1.807) is 6.20 Å². The molecule has 0 aliphatic carbocycles. The zero-order valence-electron chi connectivity index (χ0n) is 7.85. The van der Waals surface area contributed by atoms with Crippen LogP contribution in [0.2, 0.25) is 0 Å². The number of halogens is 2. The third-order valence-corrected chi connectivity index (χ3v) is 2.96. The van der Waals surface area contributed by atoms with Gasteiger partial charge in [0.05, 0.1) is 0 Å². The maximum Gasteiger partial charge on any atom is 0.0410 e. The lowest BCUT2D eigenvalue weighted by atomic mass is 9.88. The molecule has 0 atom stereocenters. The first-order chi connectivity index (χ1) is 6.03. The summed E-state index contributed by atoms with van der Waals surface area (Å²) in [4.78, 5) is 4.11. The molecule has 72 valence electrons. The standard InChI is InChI=1S/C10H13BrClN/c1-10(2,7-12)4-8-3-9(11)6-13-5-8/h3,5-6H,4,7H2,1-2H3. The zero-order valence-corrected chi connectivity index (χ0v) is 10.2. The fourth-order valence-corrected chi connectivity index (χ4v) is 1.66. The average Bonchev–Trinajstić information content (AvgIpc) is 2.03. The van der Waals surface area contributed by atoms with E-state index in [0.29, 0.717) is 5.88 Å². The molecule has 0 fully saturated rings. The molecule has 0 aromatic carbocycles. The van der Waals surface area contributed by atoms with Crippen molar-refractivity contribution < 1.29 is 0 Å². The second-order valence-electron chi connectivity index (χ2n) is 3.99. The molecule has 0 spiro atoms. The minimum atomic E-state index is 0.143. The summed E-state index contributed by atoms with van der Waals surface area (Å²) in [5, 5.41) is 0. The number of nitrogens with zero attached hydrogens (tertiary/aromatic N) is 1. The Labute approximate surface area is 92.6 Å². The second kappa shape index (κ2) is 4.43. The van der Waals surface area contributed by atoms with Crippen molar-refractivity contribution in [2.45, 2.75) is 20.3 Å². The van der Waals surface area contributed by atoms with Crippen molar-refractivity contribution >= 4 is 27.5 Å². The molecule has 0 unspecified atom stereocenters. The van der Waals surface area contributed by atoms with Crippen LogP contribution in [0.25, 0.3) is 0 Å². The monoisotopic (exact) mass is 261 g/mol. The number of hydrogen-bond acceptors (Lipinski definition) is 1. The second-order valence-corrected chi connectivity index (χ2v) is 5.17. The van der Waals surface area contributed by atoms with E-state index in [-0.39, 0.29) is 5.41 Å². The van der Waals surface area contributed by atoms with Crippen LogP contribution in [0.1, 0.15) is 19.4 Å². The minimum Gasteiger partial charge on any atom is -0.263 e. The van der Waals surface area contributed by atoms with Gasteiger partial charge < -0.3 is 0 Å². The lowest BCUT2D eigenvalue weighted by molar-refractivity contribution is 0.417. The highest BCUT2D eigenvalue weighted by Crippen LogP contribution is 2.23. The van der Waals surface area contributed by atoms with Crippen molar-refractivity contribution in [3.63, 3.8) is 0 Å². The zero-order chi connectivity index (χ0) is 9.90. The normalized spacial score (nSPS) is 11.7. The van der Waals surface area contributed by atoms with Crippen LogP contribution in [-0.4, -0.2) is 10.9 Å². The molecule has 0 aliphatic rings. The first kappa shape index (κ1) is 11.0. The molecule has 1 nitrogen and oxygen atoms in total. The van der Waals surface area contributed by atoms with Crippen LogP contribution < -0.4 is 0 Å². The molecule has 1 aromatic heterocycles.